The SMILES string of the molecule is COc1ccc(-n2nc(C)cc2C(=O)N2CCN(c3ccccc3C)CC2)cc1. The molecule has 6 nitrogen and oxygen atoms in total. The Morgan fingerprint density at radius 2 is 1.66 bits per heavy atom. The molecule has 0 radical (unpaired) electrons. The van der Waals surface area contributed by atoms with Crippen LogP contribution >= 0.6 is 0 Å². The molecule has 29 heavy (non-hydrogen) atoms. The molecule has 0 atom stereocenters. The van der Waals surface area contributed by atoms with Crippen molar-refractivity contribution in [3.05, 3.63) is 71.5 Å². The Morgan fingerprint density at radius 1 is 0.966 bits per heavy atom. The van der Waals surface area contributed by atoms with Crippen LogP contribution in [0.25, 0.3) is 5.69 Å². The van der Waals surface area contributed by atoms with Crippen molar-refractivity contribution < 1.29 is 9.53 Å². The Labute approximate surface area is 171 Å². The molecule has 1 aliphatic heterocycles. The summed E-state index contributed by atoms with van der Waals surface area (Å²) in [6.45, 7) is 7.08. The summed E-state index contributed by atoms with van der Waals surface area (Å²) < 4.78 is 6.96. The maximum absolute atomic E-state index is 13.3. The van der Waals surface area contributed by atoms with Crippen LogP contribution in [0.15, 0.2) is 54.6 Å². The van der Waals surface area contributed by atoms with E-state index in [2.05, 4.69) is 41.2 Å². The van der Waals surface area contributed by atoms with E-state index in [-0.39, 0.29) is 5.91 Å². The lowest BCUT2D eigenvalue weighted by Gasteiger charge is -2.36. The van der Waals surface area contributed by atoms with E-state index in [0.717, 1.165) is 30.2 Å². The van der Waals surface area contributed by atoms with Gasteiger partial charge in [-0.05, 0) is 55.8 Å². The van der Waals surface area contributed by atoms with Crippen LogP contribution in [0.4, 0.5) is 5.69 Å². The summed E-state index contributed by atoms with van der Waals surface area (Å²) in [5.74, 6) is 0.795. The molecule has 150 valence electrons. The number of carbonyl (C=O) groups excluding carboxylic acids is 1. The summed E-state index contributed by atoms with van der Waals surface area (Å²) in [6.07, 6.45) is 0. The smallest absolute Gasteiger partial charge is 0.272 e. The van der Waals surface area contributed by atoms with Gasteiger partial charge in [-0.3, -0.25) is 4.79 Å². The second-order valence-corrected chi connectivity index (χ2v) is 7.35. The summed E-state index contributed by atoms with van der Waals surface area (Å²) in [6, 6.07) is 17.8. The molecule has 0 saturated carbocycles. The van der Waals surface area contributed by atoms with Crippen molar-refractivity contribution in [3.63, 3.8) is 0 Å². The van der Waals surface area contributed by atoms with E-state index < -0.39 is 0 Å². The predicted molar refractivity (Wildman–Crippen MR) is 114 cm³/mol. The third-order valence-corrected chi connectivity index (χ3v) is 5.39. The van der Waals surface area contributed by atoms with Crippen molar-refractivity contribution in [2.24, 2.45) is 0 Å². The monoisotopic (exact) mass is 390 g/mol. The van der Waals surface area contributed by atoms with Crippen molar-refractivity contribution in [1.29, 1.82) is 0 Å². The summed E-state index contributed by atoms with van der Waals surface area (Å²) in [5, 5.41) is 4.54. The number of anilines is 1. The molecule has 2 heterocycles. The van der Waals surface area contributed by atoms with Gasteiger partial charge in [0.1, 0.15) is 11.4 Å². The van der Waals surface area contributed by atoms with Gasteiger partial charge in [-0.2, -0.15) is 5.10 Å². The number of aromatic nitrogens is 2. The van der Waals surface area contributed by atoms with Gasteiger partial charge in [0.2, 0.25) is 0 Å². The number of hydrogen-bond donors (Lipinski definition) is 0. The van der Waals surface area contributed by atoms with Gasteiger partial charge in [-0.25, -0.2) is 4.68 Å². The Bertz CT molecular complexity index is 1000. The molecular weight excluding hydrogens is 364 g/mol. The number of ether oxygens (including phenoxy) is 1. The number of amides is 1. The Morgan fingerprint density at radius 3 is 2.31 bits per heavy atom. The van der Waals surface area contributed by atoms with Gasteiger partial charge < -0.3 is 14.5 Å². The number of carbonyl (C=O) groups is 1. The third-order valence-electron chi connectivity index (χ3n) is 5.39. The molecule has 6 heteroatoms. The Hall–Kier alpha value is -3.28. The van der Waals surface area contributed by atoms with Crippen LogP contribution in [0, 0.1) is 13.8 Å². The number of para-hydroxylation sites is 1. The van der Waals surface area contributed by atoms with Gasteiger partial charge in [-0.15, -0.1) is 0 Å². The first-order valence-electron chi connectivity index (χ1n) is 9.88. The molecule has 1 amide bonds. The molecular formula is C23H26N4O2. The fraction of sp³-hybridized carbons (Fsp3) is 0.304. The molecule has 1 saturated heterocycles. The first kappa shape index (κ1) is 19.1. The van der Waals surface area contributed by atoms with Crippen LogP contribution in [0.5, 0.6) is 5.75 Å². The lowest BCUT2D eigenvalue weighted by atomic mass is 10.1. The minimum Gasteiger partial charge on any atom is -0.497 e. The molecule has 4 rings (SSSR count). The molecule has 1 aromatic heterocycles. The van der Waals surface area contributed by atoms with Gasteiger partial charge in [-0.1, -0.05) is 18.2 Å². The van der Waals surface area contributed by atoms with E-state index >= 15 is 0 Å². The van der Waals surface area contributed by atoms with Crippen molar-refractivity contribution in [3.8, 4) is 11.4 Å². The van der Waals surface area contributed by atoms with E-state index in [9.17, 15) is 4.79 Å². The van der Waals surface area contributed by atoms with Gasteiger partial charge in [0, 0.05) is 31.9 Å². The summed E-state index contributed by atoms with van der Waals surface area (Å²) in [7, 11) is 1.64. The quantitative estimate of drug-likeness (QED) is 0.685. The number of methoxy groups -OCH3 is 1. The number of piperazine rings is 1. The van der Waals surface area contributed by atoms with Crippen LogP contribution < -0.4 is 9.64 Å². The minimum atomic E-state index is 0.0193. The Kier molecular flexibility index (Phi) is 5.25. The molecule has 1 aliphatic rings. The number of nitrogens with zero attached hydrogens (tertiary/aromatic N) is 4. The highest BCUT2D eigenvalue weighted by Gasteiger charge is 2.26. The maximum atomic E-state index is 13.3. The number of rotatable bonds is 4. The Balaban J connectivity index is 1.51. The van der Waals surface area contributed by atoms with Crippen molar-refractivity contribution in [1.82, 2.24) is 14.7 Å². The second kappa shape index (κ2) is 7.99. The van der Waals surface area contributed by atoms with E-state index in [0.29, 0.717) is 18.8 Å². The molecule has 0 spiro atoms. The first-order valence-corrected chi connectivity index (χ1v) is 9.88. The van der Waals surface area contributed by atoms with Crippen LogP contribution in [0.2, 0.25) is 0 Å². The molecule has 0 N–H and O–H groups in total. The fourth-order valence-corrected chi connectivity index (χ4v) is 3.80. The zero-order chi connectivity index (χ0) is 20.4. The largest absolute Gasteiger partial charge is 0.497 e. The summed E-state index contributed by atoms with van der Waals surface area (Å²) in [5.41, 5.74) is 4.78. The van der Waals surface area contributed by atoms with Crippen LogP contribution in [0.3, 0.4) is 0 Å². The van der Waals surface area contributed by atoms with Crippen molar-refractivity contribution in [2.45, 2.75) is 13.8 Å². The van der Waals surface area contributed by atoms with Crippen LogP contribution in [0.1, 0.15) is 21.7 Å². The number of benzene rings is 2. The van der Waals surface area contributed by atoms with Gasteiger partial charge in [0.05, 0.1) is 18.5 Å². The average Bonchev–Trinajstić information content (AvgIpc) is 3.15. The fourth-order valence-electron chi connectivity index (χ4n) is 3.80. The molecule has 2 aromatic carbocycles. The molecule has 3 aromatic rings. The predicted octanol–water partition coefficient (Wildman–Crippen LogP) is 3.46. The second-order valence-electron chi connectivity index (χ2n) is 7.35. The van der Waals surface area contributed by atoms with Gasteiger partial charge in [0.15, 0.2) is 0 Å². The molecule has 0 unspecified atom stereocenters. The molecule has 1 fully saturated rings. The summed E-state index contributed by atoms with van der Waals surface area (Å²) >= 11 is 0. The first-order chi connectivity index (χ1) is 14.1. The highest BCUT2D eigenvalue weighted by Crippen LogP contribution is 2.22. The number of aryl methyl sites for hydroxylation is 2. The average molecular weight is 390 g/mol. The lowest BCUT2D eigenvalue weighted by Crippen LogP contribution is -2.49. The maximum Gasteiger partial charge on any atom is 0.272 e. The minimum absolute atomic E-state index is 0.0193. The van der Waals surface area contributed by atoms with E-state index in [1.165, 1.54) is 11.3 Å². The highest BCUT2D eigenvalue weighted by atomic mass is 16.5. The van der Waals surface area contributed by atoms with Crippen LogP contribution in [-0.4, -0.2) is 53.9 Å². The van der Waals surface area contributed by atoms with Crippen molar-refractivity contribution >= 4 is 11.6 Å². The van der Waals surface area contributed by atoms with E-state index in [1.54, 1.807) is 11.8 Å². The molecule has 0 bridgehead atoms. The van der Waals surface area contributed by atoms with Crippen molar-refractivity contribution in [2.75, 3.05) is 38.2 Å². The lowest BCUT2D eigenvalue weighted by molar-refractivity contribution is 0.0737. The topological polar surface area (TPSA) is 50.6 Å². The zero-order valence-corrected chi connectivity index (χ0v) is 17.1. The van der Waals surface area contributed by atoms with E-state index in [4.69, 9.17) is 4.74 Å². The number of hydrogen-bond acceptors (Lipinski definition) is 4. The van der Waals surface area contributed by atoms with Crippen LogP contribution in [-0.2, 0) is 0 Å². The van der Waals surface area contributed by atoms with Gasteiger partial charge >= 0.3 is 0 Å². The highest BCUT2D eigenvalue weighted by molar-refractivity contribution is 5.93. The molecule has 0 aliphatic carbocycles. The standard InChI is InChI=1S/C23H26N4O2/c1-17-6-4-5-7-21(17)25-12-14-26(15-13-25)23(28)22-16-18(2)24-27(22)19-8-10-20(29-3)11-9-19/h4-11,16H,12-15H2,1-3H3. The third kappa shape index (κ3) is 3.83. The normalized spacial score (nSPS) is 14.2. The van der Waals surface area contributed by atoms with E-state index in [1.807, 2.05) is 42.2 Å². The van der Waals surface area contributed by atoms with Gasteiger partial charge in [0.25, 0.3) is 5.91 Å². The summed E-state index contributed by atoms with van der Waals surface area (Å²) in [4.78, 5) is 17.5. The zero-order valence-electron chi connectivity index (χ0n) is 17.1.